The lowest BCUT2D eigenvalue weighted by molar-refractivity contribution is -0.123. The highest BCUT2D eigenvalue weighted by Gasteiger charge is 2.13. The van der Waals surface area contributed by atoms with Gasteiger partial charge in [0, 0.05) is 5.92 Å². The van der Waals surface area contributed by atoms with Crippen LogP contribution in [-0.4, -0.2) is 11.8 Å². The Hall–Kier alpha value is -0.370. The molecule has 2 atom stereocenters. The fraction of sp³-hybridized carbons (Fsp3) is 0.857. The molecule has 0 radical (unpaired) electrons. The molecule has 2 nitrogen and oxygen atoms in total. The molecule has 0 heterocycles. The maximum absolute atomic E-state index is 10.9. The van der Waals surface area contributed by atoms with E-state index in [9.17, 15) is 4.79 Å². The van der Waals surface area contributed by atoms with Crippen LogP contribution in [0.3, 0.4) is 0 Å². The molecule has 0 saturated carbocycles. The van der Waals surface area contributed by atoms with Gasteiger partial charge in [-0.15, -0.1) is 0 Å². The van der Waals surface area contributed by atoms with Gasteiger partial charge in [-0.25, -0.2) is 0 Å². The van der Waals surface area contributed by atoms with Crippen molar-refractivity contribution in [2.24, 2.45) is 11.7 Å². The molecule has 0 fully saturated rings. The smallest absolute Gasteiger partial charge is 0.152 e. The van der Waals surface area contributed by atoms with E-state index in [4.69, 9.17) is 5.73 Å². The highest BCUT2D eigenvalue weighted by molar-refractivity contribution is 5.85. The summed E-state index contributed by atoms with van der Waals surface area (Å²) in [5.74, 6) is 0.294. The first kappa shape index (κ1) is 8.63. The number of carbonyl (C=O) groups is 1. The predicted octanol–water partition coefficient (Wildman–Crippen LogP) is 0.949. The Balaban J connectivity index is 3.73. The van der Waals surface area contributed by atoms with Crippen LogP contribution >= 0.6 is 0 Å². The van der Waals surface area contributed by atoms with Gasteiger partial charge in [0.15, 0.2) is 5.78 Å². The van der Waals surface area contributed by atoms with E-state index >= 15 is 0 Å². The number of hydrogen-bond donors (Lipinski definition) is 1. The molecule has 0 bridgehead atoms. The first-order chi connectivity index (χ1) is 4.09. The first-order valence-corrected chi connectivity index (χ1v) is 3.38. The minimum Gasteiger partial charge on any atom is -0.322 e. The van der Waals surface area contributed by atoms with Crippen LogP contribution < -0.4 is 5.73 Å². The van der Waals surface area contributed by atoms with E-state index < -0.39 is 0 Å². The molecule has 0 spiro atoms. The van der Waals surface area contributed by atoms with Gasteiger partial charge >= 0.3 is 0 Å². The molecule has 0 aromatic carbocycles. The summed E-state index contributed by atoms with van der Waals surface area (Å²) in [4.78, 5) is 10.9. The van der Waals surface area contributed by atoms with Gasteiger partial charge in [0.05, 0.1) is 6.04 Å². The summed E-state index contributed by atoms with van der Waals surface area (Å²) in [6, 6.07) is -0.292. The second-order valence-electron chi connectivity index (χ2n) is 2.50. The molecule has 0 aliphatic heterocycles. The van der Waals surface area contributed by atoms with E-state index in [2.05, 4.69) is 0 Å². The van der Waals surface area contributed by atoms with Crippen molar-refractivity contribution in [3.63, 3.8) is 0 Å². The van der Waals surface area contributed by atoms with E-state index in [0.29, 0.717) is 0 Å². The van der Waals surface area contributed by atoms with E-state index in [1.807, 2.05) is 13.8 Å². The summed E-state index contributed by atoms with van der Waals surface area (Å²) in [5, 5.41) is 0. The van der Waals surface area contributed by atoms with Gasteiger partial charge in [0.25, 0.3) is 0 Å². The number of nitrogens with two attached hydrogens (primary N) is 1. The second-order valence-corrected chi connectivity index (χ2v) is 2.50. The Kier molecular flexibility index (Phi) is 3.47. The molecule has 0 aliphatic carbocycles. The largest absolute Gasteiger partial charge is 0.322 e. The molecular weight excluding hydrogens is 114 g/mol. The normalized spacial score (nSPS) is 16.9. The van der Waals surface area contributed by atoms with Crippen molar-refractivity contribution >= 4 is 5.78 Å². The van der Waals surface area contributed by atoms with Crippen molar-refractivity contribution in [3.8, 4) is 0 Å². The average Bonchev–Trinajstić information content (AvgIpc) is 1.84. The number of carbonyl (C=O) groups excluding carboxylic acids is 1. The van der Waals surface area contributed by atoms with Crippen molar-refractivity contribution in [1.82, 2.24) is 0 Å². The summed E-state index contributed by atoms with van der Waals surface area (Å²) in [5.41, 5.74) is 5.36. The Morgan fingerprint density at radius 1 is 1.56 bits per heavy atom. The minimum absolute atomic E-state index is 0.130. The zero-order valence-corrected chi connectivity index (χ0v) is 6.35. The van der Waals surface area contributed by atoms with E-state index in [1.54, 1.807) is 6.92 Å². The molecule has 2 heteroatoms. The fourth-order valence-corrected chi connectivity index (χ4v) is 0.650. The van der Waals surface area contributed by atoms with Crippen molar-refractivity contribution in [3.05, 3.63) is 0 Å². The molecule has 0 aromatic heterocycles. The molecule has 9 heavy (non-hydrogen) atoms. The van der Waals surface area contributed by atoms with Gasteiger partial charge in [-0.1, -0.05) is 13.8 Å². The summed E-state index contributed by atoms with van der Waals surface area (Å²) >= 11 is 0. The first-order valence-electron chi connectivity index (χ1n) is 3.38. The van der Waals surface area contributed by atoms with Gasteiger partial charge in [-0.2, -0.15) is 0 Å². The zero-order chi connectivity index (χ0) is 7.44. The third-order valence-corrected chi connectivity index (χ3v) is 1.55. The predicted molar refractivity (Wildman–Crippen MR) is 38.1 cm³/mol. The van der Waals surface area contributed by atoms with Gasteiger partial charge in [-0.3, -0.25) is 4.79 Å². The minimum atomic E-state index is -0.292. The molecule has 2 N–H and O–H groups in total. The van der Waals surface area contributed by atoms with Crippen LogP contribution in [0.1, 0.15) is 27.2 Å². The van der Waals surface area contributed by atoms with Crippen molar-refractivity contribution in [2.45, 2.75) is 33.2 Å². The van der Waals surface area contributed by atoms with Crippen molar-refractivity contribution < 1.29 is 4.79 Å². The Bertz CT molecular complexity index is 99.1. The van der Waals surface area contributed by atoms with Crippen LogP contribution in [0.25, 0.3) is 0 Å². The summed E-state index contributed by atoms with van der Waals surface area (Å²) in [7, 11) is 0. The lowest BCUT2D eigenvalue weighted by Crippen LogP contribution is -2.31. The molecule has 0 amide bonds. The fourth-order valence-electron chi connectivity index (χ4n) is 0.650. The lowest BCUT2D eigenvalue weighted by Gasteiger charge is -2.08. The van der Waals surface area contributed by atoms with Gasteiger partial charge in [0.1, 0.15) is 0 Å². The number of Topliss-reactive ketones (excluding diaryl/α,β-unsaturated/α-hetero) is 1. The molecule has 54 valence electrons. The van der Waals surface area contributed by atoms with E-state index in [-0.39, 0.29) is 17.7 Å². The monoisotopic (exact) mass is 129 g/mol. The zero-order valence-electron chi connectivity index (χ0n) is 6.35. The number of ketones is 1. The van der Waals surface area contributed by atoms with E-state index in [0.717, 1.165) is 6.42 Å². The number of hydrogen-bond acceptors (Lipinski definition) is 2. The van der Waals surface area contributed by atoms with Gasteiger partial charge in [-0.05, 0) is 13.3 Å². The summed E-state index contributed by atoms with van der Waals surface area (Å²) in [6.07, 6.45) is 0.889. The summed E-state index contributed by atoms with van der Waals surface area (Å²) < 4.78 is 0. The molecule has 0 aliphatic rings. The molecule has 1 unspecified atom stereocenters. The Morgan fingerprint density at radius 3 is 2.11 bits per heavy atom. The van der Waals surface area contributed by atoms with Crippen LogP contribution in [0.15, 0.2) is 0 Å². The maximum Gasteiger partial charge on any atom is 0.152 e. The third kappa shape index (κ3) is 2.61. The second kappa shape index (κ2) is 3.62. The van der Waals surface area contributed by atoms with Crippen LogP contribution in [-0.2, 0) is 4.79 Å². The molecule has 0 rings (SSSR count). The Labute approximate surface area is 56.4 Å². The highest BCUT2D eigenvalue weighted by Crippen LogP contribution is 2.03. The van der Waals surface area contributed by atoms with Crippen molar-refractivity contribution in [2.75, 3.05) is 0 Å². The molecule has 0 aromatic rings. The molecular formula is C7H15NO. The number of rotatable bonds is 3. The third-order valence-electron chi connectivity index (χ3n) is 1.55. The van der Waals surface area contributed by atoms with Gasteiger partial charge in [0.2, 0.25) is 0 Å². The summed E-state index contributed by atoms with van der Waals surface area (Å²) in [6.45, 7) is 5.63. The highest BCUT2D eigenvalue weighted by atomic mass is 16.1. The Morgan fingerprint density at radius 2 is 2.00 bits per heavy atom. The topological polar surface area (TPSA) is 43.1 Å². The standard InChI is InChI=1S/C7H15NO/c1-4-5(2)7(9)6(3)8/h5-6H,4,8H2,1-3H3/t5?,6-/m1/s1. The maximum atomic E-state index is 10.9. The van der Waals surface area contributed by atoms with Crippen molar-refractivity contribution in [1.29, 1.82) is 0 Å². The van der Waals surface area contributed by atoms with Crippen LogP contribution in [0, 0.1) is 5.92 Å². The van der Waals surface area contributed by atoms with Crippen LogP contribution in [0.5, 0.6) is 0 Å². The van der Waals surface area contributed by atoms with Gasteiger partial charge < -0.3 is 5.73 Å². The lowest BCUT2D eigenvalue weighted by atomic mass is 9.99. The van der Waals surface area contributed by atoms with Crippen LogP contribution in [0.4, 0.5) is 0 Å². The average molecular weight is 129 g/mol. The SMILES string of the molecule is CCC(C)C(=O)[C@@H](C)N. The molecule has 0 saturated heterocycles. The quantitative estimate of drug-likeness (QED) is 0.616. The van der Waals surface area contributed by atoms with E-state index in [1.165, 1.54) is 0 Å². The van der Waals surface area contributed by atoms with Crippen LogP contribution in [0.2, 0.25) is 0 Å².